The average Bonchev–Trinajstić information content (AvgIpc) is 3.15. The largest absolute Gasteiger partial charge is 0.472 e. The van der Waals surface area contributed by atoms with Gasteiger partial charge in [0.1, 0.15) is 0 Å². The molecule has 0 saturated heterocycles. The van der Waals surface area contributed by atoms with Crippen molar-refractivity contribution in [2.45, 2.75) is 231 Å². The van der Waals surface area contributed by atoms with Crippen molar-refractivity contribution in [3.8, 4) is 0 Å². The standard InChI is InChI=1S/C44H87N2O7P/c1-3-5-7-9-11-13-15-17-18-19-20-21-22-24-25-27-29-31-33-35-41(47)39-44(49)46-42(40-53-54(50,51)52-38-37-45)43(48)36-34-32-30-28-26-23-16-14-12-10-8-6-4-2/h21-22,34,36,41-43,47-48H,3-20,23-33,35,37-40,45H2,1-2H3,(H,46,49)(H,50,51)/b22-21-,36-34+. The topological polar surface area (TPSA) is 151 Å². The summed E-state index contributed by atoms with van der Waals surface area (Å²) in [7, 11) is -4.40. The number of carbonyl (C=O) groups excluding carboxylic acids is 1. The zero-order valence-electron chi connectivity index (χ0n) is 35.1. The zero-order chi connectivity index (χ0) is 39.8. The minimum atomic E-state index is -4.40. The molecule has 0 aromatic rings. The van der Waals surface area contributed by atoms with Crippen LogP contribution in [0.15, 0.2) is 24.3 Å². The molecule has 0 aliphatic carbocycles. The molecule has 0 aromatic carbocycles. The maximum atomic E-state index is 12.8. The molecule has 6 N–H and O–H groups in total. The first-order valence-electron chi connectivity index (χ1n) is 22.5. The molecule has 1 amide bonds. The van der Waals surface area contributed by atoms with Gasteiger partial charge in [0, 0.05) is 6.54 Å². The zero-order valence-corrected chi connectivity index (χ0v) is 36.0. The molecule has 0 radical (unpaired) electrons. The number of nitrogens with two attached hydrogens (primary N) is 1. The Kier molecular flexibility index (Phi) is 39.4. The summed E-state index contributed by atoms with van der Waals surface area (Å²) in [6, 6.07) is -0.982. The number of hydrogen-bond acceptors (Lipinski definition) is 7. The number of carbonyl (C=O) groups is 1. The molecule has 0 bridgehead atoms. The molecule has 4 atom stereocenters. The minimum absolute atomic E-state index is 0.0488. The summed E-state index contributed by atoms with van der Waals surface area (Å²) in [6.45, 7) is 3.97. The third-order valence-corrected chi connectivity index (χ3v) is 11.1. The lowest BCUT2D eigenvalue weighted by molar-refractivity contribution is -0.124. The van der Waals surface area contributed by atoms with Crippen molar-refractivity contribution in [2.75, 3.05) is 19.8 Å². The van der Waals surface area contributed by atoms with Crippen LogP contribution in [-0.4, -0.2) is 59.0 Å². The van der Waals surface area contributed by atoms with E-state index in [9.17, 15) is 24.5 Å². The highest BCUT2D eigenvalue weighted by Crippen LogP contribution is 2.43. The molecule has 0 aromatic heterocycles. The lowest BCUT2D eigenvalue weighted by atomic mass is 10.0. The van der Waals surface area contributed by atoms with E-state index in [-0.39, 0.29) is 19.6 Å². The highest BCUT2D eigenvalue weighted by atomic mass is 31.2. The van der Waals surface area contributed by atoms with Gasteiger partial charge in [-0.25, -0.2) is 4.57 Å². The van der Waals surface area contributed by atoms with Gasteiger partial charge in [-0.2, -0.15) is 0 Å². The number of allylic oxidation sites excluding steroid dienone is 3. The van der Waals surface area contributed by atoms with Gasteiger partial charge >= 0.3 is 7.82 Å². The monoisotopic (exact) mass is 787 g/mol. The van der Waals surface area contributed by atoms with Gasteiger partial charge < -0.3 is 26.2 Å². The summed E-state index contributed by atoms with van der Waals surface area (Å²) < 4.78 is 22.1. The third kappa shape index (κ3) is 37.8. The van der Waals surface area contributed by atoms with Gasteiger partial charge in [-0.05, 0) is 44.9 Å². The molecule has 0 heterocycles. The number of phosphoric acid groups is 1. The Balaban J connectivity index is 4.26. The number of aliphatic hydroxyl groups is 2. The van der Waals surface area contributed by atoms with E-state index < -0.39 is 38.6 Å². The van der Waals surface area contributed by atoms with Crippen LogP contribution in [0, 0.1) is 0 Å². The molecule has 0 aliphatic heterocycles. The predicted molar refractivity (Wildman–Crippen MR) is 227 cm³/mol. The van der Waals surface area contributed by atoms with Crippen LogP contribution in [0.1, 0.15) is 213 Å². The summed E-state index contributed by atoms with van der Waals surface area (Å²) in [5.41, 5.74) is 5.36. The Morgan fingerprint density at radius 2 is 1.04 bits per heavy atom. The van der Waals surface area contributed by atoms with E-state index >= 15 is 0 Å². The van der Waals surface area contributed by atoms with E-state index in [4.69, 9.17) is 14.8 Å². The van der Waals surface area contributed by atoms with Gasteiger partial charge in [0.2, 0.25) is 5.91 Å². The Labute approximate surface area is 332 Å². The minimum Gasteiger partial charge on any atom is -0.393 e. The first kappa shape index (κ1) is 52.9. The summed E-state index contributed by atoms with van der Waals surface area (Å²) in [4.78, 5) is 22.7. The van der Waals surface area contributed by atoms with Crippen molar-refractivity contribution in [1.82, 2.24) is 5.32 Å². The summed E-state index contributed by atoms with van der Waals surface area (Å²) >= 11 is 0. The predicted octanol–water partition coefficient (Wildman–Crippen LogP) is 11.5. The van der Waals surface area contributed by atoms with Crippen LogP contribution in [0.2, 0.25) is 0 Å². The number of aliphatic hydroxyl groups excluding tert-OH is 2. The molecule has 0 fully saturated rings. The van der Waals surface area contributed by atoms with Crippen LogP contribution in [0.25, 0.3) is 0 Å². The van der Waals surface area contributed by atoms with E-state index in [2.05, 4.69) is 31.3 Å². The van der Waals surface area contributed by atoms with Gasteiger partial charge in [-0.15, -0.1) is 0 Å². The first-order valence-corrected chi connectivity index (χ1v) is 24.0. The van der Waals surface area contributed by atoms with Gasteiger partial charge in [0.05, 0.1) is 37.9 Å². The van der Waals surface area contributed by atoms with E-state index in [1.54, 1.807) is 6.08 Å². The summed E-state index contributed by atoms with van der Waals surface area (Å²) in [5.74, 6) is -0.450. The third-order valence-electron chi connectivity index (χ3n) is 10.1. The second-order valence-corrected chi connectivity index (χ2v) is 16.9. The van der Waals surface area contributed by atoms with Crippen molar-refractivity contribution in [3.63, 3.8) is 0 Å². The quantitative estimate of drug-likeness (QED) is 0.0233. The van der Waals surface area contributed by atoms with Crippen molar-refractivity contribution in [3.05, 3.63) is 24.3 Å². The van der Waals surface area contributed by atoms with Gasteiger partial charge in [-0.1, -0.05) is 186 Å². The number of phosphoric ester groups is 1. The second kappa shape index (κ2) is 40.1. The van der Waals surface area contributed by atoms with Crippen LogP contribution >= 0.6 is 7.82 Å². The fourth-order valence-electron chi connectivity index (χ4n) is 6.64. The Hall–Kier alpha value is -1.06. The van der Waals surface area contributed by atoms with Gasteiger partial charge in [-0.3, -0.25) is 13.8 Å². The molecule has 9 nitrogen and oxygen atoms in total. The number of rotatable bonds is 42. The molecule has 54 heavy (non-hydrogen) atoms. The number of nitrogens with one attached hydrogen (secondary N) is 1. The first-order chi connectivity index (χ1) is 26.3. The average molecular weight is 787 g/mol. The van der Waals surface area contributed by atoms with E-state index in [0.717, 1.165) is 51.4 Å². The van der Waals surface area contributed by atoms with Crippen LogP contribution in [-0.2, 0) is 18.4 Å². The summed E-state index contributed by atoms with van der Waals surface area (Å²) in [5, 5.41) is 24.0. The van der Waals surface area contributed by atoms with E-state index in [1.165, 1.54) is 135 Å². The Morgan fingerprint density at radius 1 is 0.630 bits per heavy atom. The molecule has 0 spiro atoms. The lowest BCUT2D eigenvalue weighted by Gasteiger charge is -2.24. The Bertz CT molecular complexity index is 919. The maximum Gasteiger partial charge on any atom is 0.472 e. The molecule has 10 heteroatoms. The molecular formula is C44H87N2O7P. The van der Waals surface area contributed by atoms with Crippen LogP contribution in [0.4, 0.5) is 0 Å². The number of unbranched alkanes of at least 4 members (excludes halogenated alkanes) is 26. The lowest BCUT2D eigenvalue weighted by Crippen LogP contribution is -2.46. The molecule has 0 rings (SSSR count). The van der Waals surface area contributed by atoms with E-state index in [1.807, 2.05) is 6.08 Å². The van der Waals surface area contributed by atoms with Crippen molar-refractivity contribution >= 4 is 13.7 Å². The van der Waals surface area contributed by atoms with Crippen molar-refractivity contribution in [2.24, 2.45) is 5.73 Å². The van der Waals surface area contributed by atoms with Crippen LogP contribution in [0.5, 0.6) is 0 Å². The van der Waals surface area contributed by atoms with Crippen LogP contribution in [0.3, 0.4) is 0 Å². The number of hydrogen-bond donors (Lipinski definition) is 5. The smallest absolute Gasteiger partial charge is 0.393 e. The Morgan fingerprint density at radius 3 is 1.48 bits per heavy atom. The fourth-order valence-corrected chi connectivity index (χ4v) is 7.40. The van der Waals surface area contributed by atoms with Crippen molar-refractivity contribution in [1.29, 1.82) is 0 Å². The highest BCUT2D eigenvalue weighted by Gasteiger charge is 2.27. The molecule has 0 aliphatic rings. The molecule has 320 valence electrons. The van der Waals surface area contributed by atoms with E-state index in [0.29, 0.717) is 6.42 Å². The number of amides is 1. The molecule has 4 unspecified atom stereocenters. The molecule has 0 saturated carbocycles. The maximum absolute atomic E-state index is 12.8. The normalized spacial score (nSPS) is 14.9. The fraction of sp³-hybridized carbons (Fsp3) is 0.886. The summed E-state index contributed by atoms with van der Waals surface area (Å²) in [6.07, 6.45) is 42.6. The highest BCUT2D eigenvalue weighted by molar-refractivity contribution is 7.47. The SMILES string of the molecule is CCCCCCCCCCCC/C=C\CCCCCCCC(O)CC(=O)NC(COP(=O)(O)OCCN)C(O)/C=C/CCCCCCCCCCCCC. The van der Waals surface area contributed by atoms with Gasteiger partial charge in [0.15, 0.2) is 0 Å². The van der Waals surface area contributed by atoms with Crippen LogP contribution < -0.4 is 11.1 Å². The van der Waals surface area contributed by atoms with Gasteiger partial charge in [0.25, 0.3) is 0 Å². The second-order valence-electron chi connectivity index (χ2n) is 15.4. The molecular weight excluding hydrogens is 699 g/mol. The van der Waals surface area contributed by atoms with Crippen molar-refractivity contribution < 1.29 is 33.5 Å².